The molecule has 0 aliphatic carbocycles. The summed E-state index contributed by atoms with van der Waals surface area (Å²) in [5.74, 6) is 1.84. The maximum absolute atomic E-state index is 11.1. The standard InChI is InChI=1S/C10H18N2OS/c1-3-6(2)4-8-9-7(5-14-8)11-10(13)12-9/h6-9H,3-5H2,1-2H3,(H2,11,12,13). The number of rotatable bonds is 3. The van der Waals surface area contributed by atoms with Crippen LogP contribution in [0.2, 0.25) is 0 Å². The first-order chi connectivity index (χ1) is 6.70. The van der Waals surface area contributed by atoms with E-state index in [9.17, 15) is 4.79 Å². The zero-order valence-electron chi connectivity index (χ0n) is 8.75. The molecule has 2 saturated heterocycles. The Morgan fingerprint density at radius 3 is 3.07 bits per heavy atom. The molecule has 2 heterocycles. The molecule has 2 rings (SSSR count). The molecular formula is C10H18N2OS. The fourth-order valence-electron chi connectivity index (χ4n) is 2.16. The zero-order valence-corrected chi connectivity index (χ0v) is 9.56. The first kappa shape index (κ1) is 10.1. The number of nitrogens with one attached hydrogen (secondary N) is 2. The normalized spacial score (nSPS) is 37.6. The second-order valence-corrected chi connectivity index (χ2v) is 5.64. The molecule has 3 nitrogen and oxygen atoms in total. The van der Waals surface area contributed by atoms with Gasteiger partial charge in [0.2, 0.25) is 0 Å². The van der Waals surface area contributed by atoms with Crippen molar-refractivity contribution >= 4 is 17.8 Å². The van der Waals surface area contributed by atoms with Gasteiger partial charge in [-0.25, -0.2) is 4.79 Å². The van der Waals surface area contributed by atoms with Crippen LogP contribution < -0.4 is 10.6 Å². The summed E-state index contributed by atoms with van der Waals surface area (Å²) in [6, 6.07) is 0.775. The van der Waals surface area contributed by atoms with Crippen molar-refractivity contribution in [1.82, 2.24) is 10.6 Å². The average molecular weight is 214 g/mol. The van der Waals surface area contributed by atoms with Crippen molar-refractivity contribution in [2.24, 2.45) is 5.92 Å². The van der Waals surface area contributed by atoms with E-state index in [0.717, 1.165) is 11.7 Å². The lowest BCUT2D eigenvalue weighted by Crippen LogP contribution is -2.37. The summed E-state index contributed by atoms with van der Waals surface area (Å²) in [4.78, 5) is 11.1. The monoisotopic (exact) mass is 214 g/mol. The Bertz CT molecular complexity index is 234. The molecule has 0 spiro atoms. The van der Waals surface area contributed by atoms with E-state index in [2.05, 4.69) is 24.5 Å². The van der Waals surface area contributed by atoms with Crippen LogP contribution in [0.3, 0.4) is 0 Å². The van der Waals surface area contributed by atoms with Crippen LogP contribution in [0, 0.1) is 5.92 Å². The van der Waals surface area contributed by atoms with Gasteiger partial charge in [0.15, 0.2) is 0 Å². The van der Waals surface area contributed by atoms with Gasteiger partial charge in [-0.05, 0) is 12.3 Å². The van der Waals surface area contributed by atoms with Gasteiger partial charge in [-0.15, -0.1) is 0 Å². The second kappa shape index (κ2) is 4.01. The number of thioether (sulfide) groups is 1. The first-order valence-corrected chi connectivity index (χ1v) is 6.44. The Hall–Kier alpha value is -0.380. The van der Waals surface area contributed by atoms with Crippen LogP contribution in [0.15, 0.2) is 0 Å². The average Bonchev–Trinajstić information content (AvgIpc) is 2.67. The molecule has 0 aromatic heterocycles. The minimum Gasteiger partial charge on any atom is -0.332 e. The van der Waals surface area contributed by atoms with E-state index < -0.39 is 0 Å². The highest BCUT2D eigenvalue weighted by Gasteiger charge is 2.42. The van der Waals surface area contributed by atoms with Crippen LogP contribution in [0.5, 0.6) is 0 Å². The maximum Gasteiger partial charge on any atom is 0.315 e. The van der Waals surface area contributed by atoms with Crippen molar-refractivity contribution in [3.05, 3.63) is 0 Å². The Labute approximate surface area is 89.4 Å². The SMILES string of the molecule is CCC(C)CC1SCC2NC(=O)NC21. The zero-order chi connectivity index (χ0) is 10.1. The molecule has 2 amide bonds. The summed E-state index contributed by atoms with van der Waals surface area (Å²) in [5, 5.41) is 6.61. The highest BCUT2D eigenvalue weighted by atomic mass is 32.2. The number of hydrogen-bond donors (Lipinski definition) is 2. The summed E-state index contributed by atoms with van der Waals surface area (Å²) >= 11 is 2.00. The quantitative estimate of drug-likeness (QED) is 0.700. The van der Waals surface area contributed by atoms with Gasteiger partial charge in [-0.3, -0.25) is 0 Å². The third-order valence-electron chi connectivity index (χ3n) is 3.27. The number of carbonyl (C=O) groups excluding carboxylic acids is 1. The predicted molar refractivity (Wildman–Crippen MR) is 59.6 cm³/mol. The van der Waals surface area contributed by atoms with E-state index >= 15 is 0 Å². The van der Waals surface area contributed by atoms with Crippen LogP contribution in [0.4, 0.5) is 4.79 Å². The molecule has 2 aliphatic rings. The summed E-state index contributed by atoms with van der Waals surface area (Å²) < 4.78 is 0. The summed E-state index contributed by atoms with van der Waals surface area (Å²) in [6.07, 6.45) is 2.46. The molecular weight excluding hydrogens is 196 g/mol. The Morgan fingerprint density at radius 1 is 1.57 bits per heavy atom. The molecule has 2 fully saturated rings. The minimum atomic E-state index is 0.0226. The third-order valence-corrected chi connectivity index (χ3v) is 4.74. The van der Waals surface area contributed by atoms with E-state index in [1.54, 1.807) is 0 Å². The van der Waals surface area contributed by atoms with Crippen molar-refractivity contribution in [1.29, 1.82) is 0 Å². The molecule has 4 atom stereocenters. The number of fused-ring (bicyclic) bond motifs is 1. The van der Waals surface area contributed by atoms with Crippen molar-refractivity contribution in [2.75, 3.05) is 5.75 Å². The molecule has 0 aromatic carbocycles. The Morgan fingerprint density at radius 2 is 2.36 bits per heavy atom. The summed E-state index contributed by atoms with van der Waals surface area (Å²) in [6.45, 7) is 4.52. The third kappa shape index (κ3) is 1.85. The number of amides is 2. The highest BCUT2D eigenvalue weighted by Crippen LogP contribution is 2.34. The van der Waals surface area contributed by atoms with Crippen LogP contribution in [-0.2, 0) is 0 Å². The highest BCUT2D eigenvalue weighted by molar-refractivity contribution is 8.00. The molecule has 0 aromatic rings. The summed E-state index contributed by atoms with van der Waals surface area (Å²) in [7, 11) is 0. The molecule has 0 bridgehead atoms. The van der Waals surface area contributed by atoms with Crippen molar-refractivity contribution in [2.45, 2.75) is 44.0 Å². The van der Waals surface area contributed by atoms with E-state index in [0.29, 0.717) is 17.3 Å². The van der Waals surface area contributed by atoms with Gasteiger partial charge in [0.1, 0.15) is 0 Å². The number of carbonyl (C=O) groups is 1. The number of hydrogen-bond acceptors (Lipinski definition) is 2. The van der Waals surface area contributed by atoms with E-state index in [1.807, 2.05) is 11.8 Å². The molecule has 0 radical (unpaired) electrons. The van der Waals surface area contributed by atoms with Crippen molar-refractivity contribution in [3.63, 3.8) is 0 Å². The minimum absolute atomic E-state index is 0.0226. The van der Waals surface area contributed by atoms with Crippen molar-refractivity contribution in [3.8, 4) is 0 Å². The van der Waals surface area contributed by atoms with Gasteiger partial charge in [-0.2, -0.15) is 11.8 Å². The molecule has 4 heteroatoms. The largest absolute Gasteiger partial charge is 0.332 e. The van der Waals surface area contributed by atoms with Crippen LogP contribution in [-0.4, -0.2) is 29.1 Å². The van der Waals surface area contributed by atoms with Crippen molar-refractivity contribution < 1.29 is 4.79 Å². The Kier molecular flexibility index (Phi) is 2.91. The van der Waals surface area contributed by atoms with Gasteiger partial charge in [-0.1, -0.05) is 20.3 Å². The maximum atomic E-state index is 11.1. The summed E-state index contributed by atoms with van der Waals surface area (Å²) in [5.41, 5.74) is 0. The van der Waals surface area contributed by atoms with Gasteiger partial charge in [0, 0.05) is 11.0 Å². The van der Waals surface area contributed by atoms with Crippen LogP contribution in [0.1, 0.15) is 26.7 Å². The first-order valence-electron chi connectivity index (χ1n) is 5.39. The fraction of sp³-hybridized carbons (Fsp3) is 0.900. The van der Waals surface area contributed by atoms with E-state index in [-0.39, 0.29) is 6.03 Å². The molecule has 2 N–H and O–H groups in total. The lowest BCUT2D eigenvalue weighted by Gasteiger charge is -2.19. The topological polar surface area (TPSA) is 41.1 Å². The smallest absolute Gasteiger partial charge is 0.315 e. The van der Waals surface area contributed by atoms with Gasteiger partial charge >= 0.3 is 6.03 Å². The lowest BCUT2D eigenvalue weighted by molar-refractivity contribution is 0.246. The van der Waals surface area contributed by atoms with Crippen LogP contribution >= 0.6 is 11.8 Å². The second-order valence-electron chi connectivity index (χ2n) is 4.37. The molecule has 2 aliphatic heterocycles. The molecule has 4 unspecified atom stereocenters. The molecule has 0 saturated carbocycles. The van der Waals surface area contributed by atoms with Crippen LogP contribution in [0.25, 0.3) is 0 Å². The fourth-order valence-corrected chi connectivity index (χ4v) is 3.83. The Balaban J connectivity index is 1.92. The van der Waals surface area contributed by atoms with Gasteiger partial charge < -0.3 is 10.6 Å². The lowest BCUT2D eigenvalue weighted by atomic mass is 9.97. The van der Waals surface area contributed by atoms with E-state index in [4.69, 9.17) is 0 Å². The number of urea groups is 1. The predicted octanol–water partition coefficient (Wildman–Crippen LogP) is 1.59. The van der Waals surface area contributed by atoms with Gasteiger partial charge in [0.25, 0.3) is 0 Å². The molecule has 14 heavy (non-hydrogen) atoms. The molecule has 80 valence electrons. The van der Waals surface area contributed by atoms with Gasteiger partial charge in [0.05, 0.1) is 12.1 Å². The van der Waals surface area contributed by atoms with E-state index in [1.165, 1.54) is 12.8 Å².